The fourth-order valence-corrected chi connectivity index (χ4v) is 2.55. The molecule has 20 heteroatoms. The molecule has 6 N–H and O–H groups in total. The Labute approximate surface area is 200 Å². The summed E-state index contributed by atoms with van der Waals surface area (Å²) in [7, 11) is 1.89. The number of nitrogens with zero attached hydrogens (tertiary/aromatic N) is 4. The number of carboxylic acid groups (broad SMARTS) is 2. The van der Waals surface area contributed by atoms with E-state index in [1.165, 1.54) is 0 Å². The summed E-state index contributed by atoms with van der Waals surface area (Å²) in [4.78, 5) is 28.0. The fourth-order valence-electron chi connectivity index (χ4n) is 2.55. The molecule has 2 aromatic heterocycles. The molecule has 1 aliphatic rings. The molecule has 37 heavy (non-hydrogen) atoms. The number of aliphatic carboxylic acids is 2. The number of aromatic amines is 1. The monoisotopic (exact) mass is 555 g/mol. The third kappa shape index (κ3) is 9.97. The van der Waals surface area contributed by atoms with Crippen molar-refractivity contribution in [2.45, 2.75) is 31.0 Å². The van der Waals surface area contributed by atoms with E-state index in [1.807, 2.05) is 17.0 Å². The zero-order valence-electron chi connectivity index (χ0n) is 18.3. The third-order valence-corrected chi connectivity index (χ3v) is 4.28. The van der Waals surface area contributed by atoms with Gasteiger partial charge < -0.3 is 26.2 Å². The van der Waals surface area contributed by atoms with Crippen LogP contribution in [-0.4, -0.2) is 80.8 Å². The first-order chi connectivity index (χ1) is 16.8. The number of alkyl halides is 9. The molecule has 0 radical (unpaired) electrons. The number of nitrogens with one attached hydrogen (secondary N) is 2. The predicted octanol–water partition coefficient (Wildman–Crippen LogP) is 2.53. The number of hydrogen-bond acceptors (Lipinski definition) is 8. The molecule has 0 saturated carbocycles. The molecule has 1 aliphatic heterocycles. The Morgan fingerprint density at radius 3 is 1.89 bits per heavy atom. The number of rotatable bonds is 3. The summed E-state index contributed by atoms with van der Waals surface area (Å²) in [5, 5.41) is 23.1. The summed E-state index contributed by atoms with van der Waals surface area (Å²) in [5.41, 5.74) is 5.11. The summed E-state index contributed by atoms with van der Waals surface area (Å²) >= 11 is 0. The molecule has 2 aromatic rings. The molecule has 3 rings (SSSR count). The maximum atomic E-state index is 12.7. The average Bonchev–Trinajstić information content (AvgIpc) is 3.42. The van der Waals surface area contributed by atoms with Gasteiger partial charge in [-0.15, -0.1) is 0 Å². The molecule has 208 valence electrons. The highest BCUT2D eigenvalue weighted by atomic mass is 19.4. The van der Waals surface area contributed by atoms with Crippen molar-refractivity contribution < 1.29 is 59.3 Å². The van der Waals surface area contributed by atoms with Gasteiger partial charge in [0.1, 0.15) is 17.2 Å². The van der Waals surface area contributed by atoms with Gasteiger partial charge in [0, 0.05) is 25.2 Å². The van der Waals surface area contributed by atoms with Crippen LogP contribution in [0.25, 0.3) is 11.4 Å². The standard InChI is InChI=1S/C13H16F3N7.2C2HF3O2/c1-18-7-2-3-23(6-7)11-5-8(19-12(17)20-11)9-4-10(22-21-9)13(14,15)16;2*3-2(4,5)1(6)7/h4-5,7,18H,2-3,6H2,1H3,(H,21,22)(H2,17,19,20);2*(H,6,7)/t7-;;/m1../s1. The topological polar surface area (TPSA) is 170 Å². The molecule has 0 spiro atoms. The van der Waals surface area contributed by atoms with Crippen LogP contribution in [0, 0.1) is 0 Å². The minimum Gasteiger partial charge on any atom is -0.475 e. The Hall–Kier alpha value is -3.84. The minimum absolute atomic E-state index is 0.00182. The van der Waals surface area contributed by atoms with E-state index in [-0.39, 0.29) is 17.3 Å². The van der Waals surface area contributed by atoms with Crippen LogP contribution in [0.2, 0.25) is 0 Å². The van der Waals surface area contributed by atoms with E-state index in [2.05, 4.69) is 20.4 Å². The minimum atomic E-state index is -5.08. The van der Waals surface area contributed by atoms with Crippen molar-refractivity contribution in [2.24, 2.45) is 0 Å². The lowest BCUT2D eigenvalue weighted by Crippen LogP contribution is -2.30. The fraction of sp³-hybridized carbons (Fsp3) is 0.471. The largest absolute Gasteiger partial charge is 0.490 e. The molecule has 1 atom stereocenters. The van der Waals surface area contributed by atoms with Crippen LogP contribution in [0.5, 0.6) is 0 Å². The normalized spacial score (nSPS) is 15.8. The lowest BCUT2D eigenvalue weighted by atomic mass is 10.2. The number of H-pyrrole nitrogens is 1. The first kappa shape index (κ1) is 31.2. The van der Waals surface area contributed by atoms with Gasteiger partial charge in [-0.25, -0.2) is 14.6 Å². The Balaban J connectivity index is 0.000000404. The predicted molar refractivity (Wildman–Crippen MR) is 106 cm³/mol. The maximum Gasteiger partial charge on any atom is 0.490 e. The second-order valence-electron chi connectivity index (χ2n) is 6.96. The molecule has 0 bridgehead atoms. The molecule has 1 fully saturated rings. The van der Waals surface area contributed by atoms with E-state index in [0.717, 1.165) is 25.6 Å². The molecule has 0 aromatic carbocycles. The molecule has 11 nitrogen and oxygen atoms in total. The lowest BCUT2D eigenvalue weighted by molar-refractivity contribution is -0.193. The number of nitrogens with two attached hydrogens (primary N) is 1. The number of carbonyl (C=O) groups is 2. The van der Waals surface area contributed by atoms with Crippen molar-refractivity contribution >= 4 is 23.7 Å². The van der Waals surface area contributed by atoms with E-state index >= 15 is 0 Å². The second-order valence-corrected chi connectivity index (χ2v) is 6.96. The van der Waals surface area contributed by atoms with Crippen LogP contribution in [0.1, 0.15) is 12.1 Å². The number of likely N-dealkylation sites (N-methyl/N-ethyl adjacent to an activating group) is 1. The summed E-state index contributed by atoms with van der Waals surface area (Å²) in [6.45, 7) is 1.54. The van der Waals surface area contributed by atoms with Gasteiger partial charge in [0.05, 0.1) is 5.69 Å². The quantitative estimate of drug-likeness (QED) is 0.355. The smallest absolute Gasteiger partial charge is 0.475 e. The average molecular weight is 555 g/mol. The summed E-state index contributed by atoms with van der Waals surface area (Å²) in [6, 6.07) is 2.85. The second kappa shape index (κ2) is 11.9. The van der Waals surface area contributed by atoms with Gasteiger partial charge in [0.25, 0.3) is 0 Å². The van der Waals surface area contributed by atoms with Gasteiger partial charge in [-0.1, -0.05) is 0 Å². The number of carboxylic acids is 2. The highest BCUT2D eigenvalue weighted by Crippen LogP contribution is 2.31. The van der Waals surface area contributed by atoms with Crippen molar-refractivity contribution in [3.8, 4) is 11.4 Å². The summed E-state index contributed by atoms with van der Waals surface area (Å²) < 4.78 is 101. The van der Waals surface area contributed by atoms with Crippen LogP contribution in [0.4, 0.5) is 51.3 Å². The van der Waals surface area contributed by atoms with E-state index in [1.54, 1.807) is 6.07 Å². The molecular formula is C17H18F9N7O4. The number of aromatic nitrogens is 4. The highest BCUT2D eigenvalue weighted by Gasteiger charge is 2.39. The zero-order valence-corrected chi connectivity index (χ0v) is 18.3. The first-order valence-electron chi connectivity index (χ1n) is 9.55. The van der Waals surface area contributed by atoms with Crippen LogP contribution in [0.3, 0.4) is 0 Å². The summed E-state index contributed by atoms with van der Waals surface area (Å²) in [5.74, 6) is -4.93. The van der Waals surface area contributed by atoms with Gasteiger partial charge >= 0.3 is 30.5 Å². The van der Waals surface area contributed by atoms with Crippen LogP contribution < -0.4 is 16.0 Å². The molecule has 3 heterocycles. The van der Waals surface area contributed by atoms with Crippen LogP contribution in [-0.2, 0) is 15.8 Å². The van der Waals surface area contributed by atoms with Crippen molar-refractivity contribution in [3.05, 3.63) is 17.8 Å². The molecule has 1 saturated heterocycles. The van der Waals surface area contributed by atoms with E-state index in [4.69, 9.17) is 25.5 Å². The first-order valence-corrected chi connectivity index (χ1v) is 9.55. The van der Waals surface area contributed by atoms with Crippen molar-refractivity contribution in [1.29, 1.82) is 0 Å². The maximum absolute atomic E-state index is 12.7. The molecular weight excluding hydrogens is 537 g/mol. The van der Waals surface area contributed by atoms with Gasteiger partial charge in [-0.05, 0) is 19.5 Å². The Kier molecular flexibility index (Phi) is 10.1. The number of halogens is 9. The highest BCUT2D eigenvalue weighted by molar-refractivity contribution is 5.73. The number of anilines is 2. The lowest BCUT2D eigenvalue weighted by Gasteiger charge is -2.18. The van der Waals surface area contributed by atoms with Gasteiger partial charge in [0.2, 0.25) is 5.95 Å². The molecule has 0 amide bonds. The Bertz CT molecular complexity index is 1050. The van der Waals surface area contributed by atoms with Gasteiger partial charge in [-0.2, -0.15) is 49.6 Å². The van der Waals surface area contributed by atoms with E-state index in [9.17, 15) is 39.5 Å². The van der Waals surface area contributed by atoms with Crippen molar-refractivity contribution in [3.63, 3.8) is 0 Å². The van der Waals surface area contributed by atoms with Crippen LogP contribution in [0.15, 0.2) is 12.1 Å². The van der Waals surface area contributed by atoms with E-state index < -0.39 is 36.2 Å². The zero-order chi connectivity index (χ0) is 28.8. The van der Waals surface area contributed by atoms with E-state index in [0.29, 0.717) is 11.9 Å². The van der Waals surface area contributed by atoms with Crippen molar-refractivity contribution in [1.82, 2.24) is 25.5 Å². The van der Waals surface area contributed by atoms with Crippen molar-refractivity contribution in [2.75, 3.05) is 30.8 Å². The Morgan fingerprint density at radius 1 is 1.00 bits per heavy atom. The molecule has 0 aliphatic carbocycles. The number of hydrogen-bond donors (Lipinski definition) is 5. The summed E-state index contributed by atoms with van der Waals surface area (Å²) in [6.07, 6.45) is -13.7. The Morgan fingerprint density at radius 2 is 1.51 bits per heavy atom. The van der Waals surface area contributed by atoms with Crippen LogP contribution >= 0.6 is 0 Å². The third-order valence-electron chi connectivity index (χ3n) is 4.28. The SMILES string of the molecule is CN[C@@H]1CCN(c2cc(-c3cc(C(F)(F)F)[nH]n3)nc(N)n2)C1.O=C(O)C(F)(F)F.O=C(O)C(F)(F)F. The van der Waals surface area contributed by atoms with Gasteiger partial charge in [-0.3, -0.25) is 5.10 Å². The number of nitrogen functional groups attached to an aromatic ring is 1. The van der Waals surface area contributed by atoms with Gasteiger partial charge in [0.15, 0.2) is 0 Å². The molecule has 0 unspecified atom stereocenters.